The average Bonchev–Trinajstić information content (AvgIpc) is 2.90. The Bertz CT molecular complexity index is 1200. The predicted octanol–water partition coefficient (Wildman–Crippen LogP) is 7.72. The van der Waals surface area contributed by atoms with Crippen LogP contribution in [0.25, 0.3) is 0 Å². The first-order valence-corrected chi connectivity index (χ1v) is 14.0. The van der Waals surface area contributed by atoms with Gasteiger partial charge in [-0.05, 0) is 136 Å². The van der Waals surface area contributed by atoms with Crippen LogP contribution in [0.3, 0.4) is 0 Å². The summed E-state index contributed by atoms with van der Waals surface area (Å²) in [7, 11) is 3.75. The number of hydrogen-bond acceptors (Lipinski definition) is 4. The maximum Gasteiger partial charge on any atom is 0.122 e. The lowest BCUT2D eigenvalue weighted by Gasteiger charge is -2.25. The molecule has 0 aromatic heterocycles. The number of benzene rings is 3. The van der Waals surface area contributed by atoms with Gasteiger partial charge in [0.2, 0.25) is 0 Å². The third-order valence-electron chi connectivity index (χ3n) is 8.46. The molecule has 0 saturated heterocycles. The highest BCUT2D eigenvalue weighted by atomic mass is 16.3. The van der Waals surface area contributed by atoms with Gasteiger partial charge >= 0.3 is 0 Å². The predicted molar refractivity (Wildman–Crippen MR) is 159 cm³/mol. The molecule has 4 N–H and O–H groups in total. The average molecular weight is 518 g/mol. The summed E-state index contributed by atoms with van der Waals surface area (Å²) in [4.78, 5) is 0. The highest BCUT2D eigenvalue weighted by Crippen LogP contribution is 2.39. The van der Waals surface area contributed by atoms with Crippen molar-refractivity contribution in [1.82, 2.24) is 5.32 Å². The highest BCUT2D eigenvalue weighted by Gasteiger charge is 2.21. The summed E-state index contributed by atoms with van der Waals surface area (Å²) in [6, 6.07) is 8.57. The summed E-state index contributed by atoms with van der Waals surface area (Å²) in [5.41, 5.74) is 11.3. The van der Waals surface area contributed by atoms with Gasteiger partial charge in [-0.1, -0.05) is 43.5 Å². The Kier molecular flexibility index (Phi) is 9.89. The SMILES string of the molecule is CNC.Cc1cc(Cc2cc(C3CCCCC3)cc(Cc3cc(C)c(O)c(C)c3C)c2O)c(C)c(C)c1O. The standard InChI is InChI=1S/C32H40O3.C2H7N/c1-18-12-25(20(3)22(5)30(18)33)14-28-16-27(24-10-8-7-9-11-24)17-29(32(28)35)15-26-13-19(2)31(34)23(6)21(26)4;1-3-2/h12-13,16-17,24,33-35H,7-11,14-15H2,1-6H3;3H,1-2H3. The lowest BCUT2D eigenvalue weighted by molar-refractivity contribution is 0.439. The Hall–Kier alpha value is -2.98. The van der Waals surface area contributed by atoms with Gasteiger partial charge in [-0.3, -0.25) is 0 Å². The van der Waals surface area contributed by atoms with E-state index in [-0.39, 0.29) is 0 Å². The molecule has 0 heterocycles. The van der Waals surface area contributed by atoms with Crippen molar-refractivity contribution in [2.45, 2.75) is 92.4 Å². The molecular weight excluding hydrogens is 470 g/mol. The number of phenols is 3. The summed E-state index contributed by atoms with van der Waals surface area (Å²) < 4.78 is 0. The fourth-order valence-electron chi connectivity index (χ4n) is 5.81. The van der Waals surface area contributed by atoms with Crippen molar-refractivity contribution >= 4 is 0 Å². The quantitative estimate of drug-likeness (QED) is 0.280. The van der Waals surface area contributed by atoms with Crippen LogP contribution in [0.15, 0.2) is 24.3 Å². The molecule has 0 radical (unpaired) electrons. The molecule has 0 amide bonds. The van der Waals surface area contributed by atoms with Gasteiger partial charge in [0.25, 0.3) is 0 Å². The second-order valence-electron chi connectivity index (χ2n) is 11.3. The summed E-state index contributed by atoms with van der Waals surface area (Å²) in [5, 5.41) is 35.0. The monoisotopic (exact) mass is 517 g/mol. The molecule has 0 unspecified atom stereocenters. The van der Waals surface area contributed by atoms with Gasteiger partial charge in [-0.15, -0.1) is 0 Å². The molecule has 206 valence electrons. The van der Waals surface area contributed by atoms with Crippen LogP contribution in [-0.2, 0) is 12.8 Å². The second kappa shape index (κ2) is 12.7. The third kappa shape index (κ3) is 6.35. The van der Waals surface area contributed by atoms with Crippen molar-refractivity contribution < 1.29 is 15.3 Å². The van der Waals surface area contributed by atoms with Crippen LogP contribution in [-0.4, -0.2) is 29.4 Å². The minimum absolute atomic E-state index is 0.362. The Morgan fingerprint density at radius 2 is 0.974 bits per heavy atom. The number of phenolic OH excluding ortho intramolecular Hbond substituents is 3. The molecule has 3 aromatic carbocycles. The van der Waals surface area contributed by atoms with Gasteiger partial charge in [-0.25, -0.2) is 0 Å². The number of rotatable bonds is 5. The zero-order chi connectivity index (χ0) is 28.1. The Morgan fingerprint density at radius 3 is 1.37 bits per heavy atom. The minimum Gasteiger partial charge on any atom is -0.507 e. The van der Waals surface area contributed by atoms with E-state index in [1.807, 2.05) is 41.8 Å². The van der Waals surface area contributed by atoms with E-state index in [1.165, 1.54) is 37.7 Å². The van der Waals surface area contributed by atoms with Crippen molar-refractivity contribution in [2.24, 2.45) is 0 Å². The topological polar surface area (TPSA) is 72.7 Å². The molecule has 1 aliphatic rings. The first kappa shape index (κ1) is 29.6. The van der Waals surface area contributed by atoms with Gasteiger partial charge in [-0.2, -0.15) is 0 Å². The lowest BCUT2D eigenvalue weighted by atomic mass is 9.81. The summed E-state index contributed by atoms with van der Waals surface area (Å²) in [6.45, 7) is 11.9. The van der Waals surface area contributed by atoms with Crippen LogP contribution < -0.4 is 5.32 Å². The van der Waals surface area contributed by atoms with E-state index in [2.05, 4.69) is 43.4 Å². The molecule has 1 fully saturated rings. The number of hydrogen-bond donors (Lipinski definition) is 4. The van der Waals surface area contributed by atoms with Crippen LogP contribution in [0.1, 0.15) is 99.2 Å². The smallest absolute Gasteiger partial charge is 0.122 e. The van der Waals surface area contributed by atoms with Crippen LogP contribution >= 0.6 is 0 Å². The molecule has 0 atom stereocenters. The fraction of sp³-hybridized carbons (Fsp3) is 0.471. The van der Waals surface area contributed by atoms with Crippen LogP contribution in [0.4, 0.5) is 0 Å². The Labute approximate surface area is 229 Å². The van der Waals surface area contributed by atoms with E-state index in [0.717, 1.165) is 55.6 Å². The van der Waals surface area contributed by atoms with E-state index >= 15 is 0 Å². The maximum absolute atomic E-state index is 11.5. The Morgan fingerprint density at radius 1 is 0.579 bits per heavy atom. The van der Waals surface area contributed by atoms with Gasteiger partial charge in [0.05, 0.1) is 0 Å². The summed E-state index contributed by atoms with van der Waals surface area (Å²) in [5.74, 6) is 1.63. The van der Waals surface area contributed by atoms with E-state index in [1.54, 1.807) is 0 Å². The fourth-order valence-corrected chi connectivity index (χ4v) is 5.81. The minimum atomic E-state index is 0.362. The van der Waals surface area contributed by atoms with Crippen molar-refractivity contribution in [2.75, 3.05) is 14.1 Å². The summed E-state index contributed by atoms with van der Waals surface area (Å²) >= 11 is 0. The zero-order valence-corrected chi connectivity index (χ0v) is 24.7. The first-order valence-electron chi connectivity index (χ1n) is 14.0. The molecule has 4 nitrogen and oxygen atoms in total. The number of aryl methyl sites for hydroxylation is 2. The third-order valence-corrected chi connectivity index (χ3v) is 8.46. The number of aromatic hydroxyl groups is 3. The molecule has 1 aliphatic carbocycles. The largest absolute Gasteiger partial charge is 0.507 e. The van der Waals surface area contributed by atoms with Crippen LogP contribution in [0.2, 0.25) is 0 Å². The van der Waals surface area contributed by atoms with Crippen molar-refractivity contribution in [3.63, 3.8) is 0 Å². The molecule has 0 aliphatic heterocycles. The number of nitrogens with one attached hydrogen (secondary N) is 1. The van der Waals surface area contributed by atoms with Crippen LogP contribution in [0, 0.1) is 41.5 Å². The van der Waals surface area contributed by atoms with E-state index in [4.69, 9.17) is 0 Å². The van der Waals surface area contributed by atoms with E-state index in [9.17, 15) is 15.3 Å². The molecule has 4 heteroatoms. The second-order valence-corrected chi connectivity index (χ2v) is 11.3. The molecular formula is C34H47NO3. The first-order chi connectivity index (χ1) is 18.0. The van der Waals surface area contributed by atoms with Gasteiger partial charge in [0.1, 0.15) is 17.2 Å². The Balaban J connectivity index is 0.00000127. The molecule has 3 aromatic rings. The van der Waals surface area contributed by atoms with Gasteiger partial charge < -0.3 is 20.6 Å². The van der Waals surface area contributed by atoms with E-state index < -0.39 is 0 Å². The van der Waals surface area contributed by atoms with Crippen molar-refractivity contribution in [1.29, 1.82) is 0 Å². The molecule has 1 saturated carbocycles. The highest BCUT2D eigenvalue weighted by molar-refractivity contribution is 5.55. The molecule has 0 spiro atoms. The normalized spacial score (nSPS) is 13.8. The zero-order valence-electron chi connectivity index (χ0n) is 24.7. The maximum atomic E-state index is 11.5. The van der Waals surface area contributed by atoms with Gasteiger partial charge in [0, 0.05) is 12.8 Å². The van der Waals surface area contributed by atoms with Crippen LogP contribution in [0.5, 0.6) is 17.2 Å². The van der Waals surface area contributed by atoms with Crippen molar-refractivity contribution in [3.8, 4) is 17.2 Å². The lowest BCUT2D eigenvalue weighted by Crippen LogP contribution is -2.07. The molecule has 38 heavy (non-hydrogen) atoms. The summed E-state index contributed by atoms with van der Waals surface area (Å²) in [6.07, 6.45) is 7.53. The van der Waals surface area contributed by atoms with E-state index in [0.29, 0.717) is 36.0 Å². The van der Waals surface area contributed by atoms with Gasteiger partial charge in [0.15, 0.2) is 0 Å². The molecule has 0 bridgehead atoms. The molecule has 4 rings (SSSR count). The van der Waals surface area contributed by atoms with Crippen molar-refractivity contribution in [3.05, 3.63) is 85.5 Å².